The van der Waals surface area contributed by atoms with E-state index in [1.165, 1.54) is 0 Å². The predicted octanol–water partition coefficient (Wildman–Crippen LogP) is -1.01. The summed E-state index contributed by atoms with van der Waals surface area (Å²) in [6.45, 7) is 0. The predicted molar refractivity (Wildman–Crippen MR) is 37.5 cm³/mol. The molecule has 0 aromatic carbocycles. The Hall–Kier alpha value is -0.910. The Morgan fingerprint density at radius 2 is 2.00 bits per heavy atom. The zero-order valence-electron chi connectivity index (χ0n) is 5.90. The number of carboxylic acid groups (broad SMARTS) is 1. The second-order valence-corrected chi connectivity index (χ2v) is 3.16. The van der Waals surface area contributed by atoms with Crippen LogP contribution in [0.2, 0.25) is 0 Å². The van der Waals surface area contributed by atoms with Gasteiger partial charge in [0.15, 0.2) is 0 Å². The van der Waals surface area contributed by atoms with E-state index in [0.29, 0.717) is 0 Å². The van der Waals surface area contributed by atoms with Gasteiger partial charge in [0.05, 0.1) is 7.11 Å². The summed E-state index contributed by atoms with van der Waals surface area (Å²) in [7, 11) is -0.501. The largest absolute Gasteiger partial charge is 0.481 e. The monoisotopic (exact) mass is 180 g/mol. The van der Waals surface area contributed by atoms with E-state index in [1.807, 2.05) is 0 Å². The SMILES string of the molecule is COC(=O)C[S@@](=O)CC(=O)O. The standard InChI is InChI=1S/C5H8O5S/c1-10-5(8)3-11(9)2-4(6)7/h2-3H2,1H3,(H,6,7)/t11-/m0/s1. The second-order valence-electron chi connectivity index (χ2n) is 1.70. The Kier molecular flexibility index (Phi) is 4.44. The van der Waals surface area contributed by atoms with Crippen molar-refractivity contribution in [2.24, 2.45) is 0 Å². The van der Waals surface area contributed by atoms with E-state index in [0.717, 1.165) is 7.11 Å². The lowest BCUT2D eigenvalue weighted by atomic mass is 10.8. The van der Waals surface area contributed by atoms with Gasteiger partial charge in [-0.1, -0.05) is 0 Å². The van der Waals surface area contributed by atoms with Crippen molar-refractivity contribution in [3.63, 3.8) is 0 Å². The van der Waals surface area contributed by atoms with Crippen LogP contribution in [-0.2, 0) is 25.1 Å². The third kappa shape index (κ3) is 5.53. The topological polar surface area (TPSA) is 80.7 Å². The molecular formula is C5H8O5S. The molecule has 0 aromatic heterocycles. The molecule has 0 spiro atoms. The molecule has 11 heavy (non-hydrogen) atoms. The molecule has 1 N–H and O–H groups in total. The molecule has 0 heterocycles. The van der Waals surface area contributed by atoms with Crippen LogP contribution in [0.15, 0.2) is 0 Å². The molecule has 0 amide bonds. The molecule has 64 valence electrons. The fraction of sp³-hybridized carbons (Fsp3) is 0.600. The lowest BCUT2D eigenvalue weighted by Crippen LogP contribution is -2.18. The normalized spacial score (nSPS) is 12.1. The summed E-state index contributed by atoms with van der Waals surface area (Å²) >= 11 is 0. The minimum atomic E-state index is -1.65. The molecule has 0 saturated heterocycles. The van der Waals surface area contributed by atoms with Gasteiger partial charge in [0.2, 0.25) is 0 Å². The number of carbonyl (C=O) groups excluding carboxylic acids is 1. The zero-order valence-corrected chi connectivity index (χ0v) is 6.72. The summed E-state index contributed by atoms with van der Waals surface area (Å²) in [6, 6.07) is 0. The highest BCUT2D eigenvalue weighted by Crippen LogP contribution is 1.84. The van der Waals surface area contributed by atoms with E-state index in [4.69, 9.17) is 5.11 Å². The number of carboxylic acids is 1. The van der Waals surface area contributed by atoms with Gasteiger partial charge >= 0.3 is 11.9 Å². The Bertz CT molecular complexity index is 187. The van der Waals surface area contributed by atoms with Crippen molar-refractivity contribution in [1.29, 1.82) is 0 Å². The van der Waals surface area contributed by atoms with Crippen LogP contribution in [0.3, 0.4) is 0 Å². The maximum Gasteiger partial charge on any atom is 0.318 e. The number of methoxy groups -OCH3 is 1. The number of esters is 1. The smallest absolute Gasteiger partial charge is 0.318 e. The van der Waals surface area contributed by atoms with Gasteiger partial charge in [-0.05, 0) is 0 Å². The van der Waals surface area contributed by atoms with Crippen molar-refractivity contribution >= 4 is 22.7 Å². The highest BCUT2D eigenvalue weighted by atomic mass is 32.2. The molecule has 0 rings (SSSR count). The van der Waals surface area contributed by atoms with Gasteiger partial charge in [-0.25, -0.2) is 0 Å². The van der Waals surface area contributed by atoms with Crippen molar-refractivity contribution in [1.82, 2.24) is 0 Å². The Morgan fingerprint density at radius 3 is 2.36 bits per heavy atom. The minimum absolute atomic E-state index is 0.358. The van der Waals surface area contributed by atoms with E-state index in [-0.39, 0.29) is 5.75 Å². The summed E-state index contributed by atoms with van der Waals surface area (Å²) < 4.78 is 14.8. The maximum absolute atomic E-state index is 10.7. The quantitative estimate of drug-likeness (QED) is 0.561. The van der Waals surface area contributed by atoms with Crippen LogP contribution in [0.5, 0.6) is 0 Å². The molecule has 5 nitrogen and oxygen atoms in total. The van der Waals surface area contributed by atoms with Crippen molar-refractivity contribution in [2.75, 3.05) is 18.6 Å². The Morgan fingerprint density at radius 1 is 1.45 bits per heavy atom. The number of aliphatic carboxylic acids is 1. The van der Waals surface area contributed by atoms with E-state index in [1.54, 1.807) is 0 Å². The number of rotatable bonds is 4. The lowest BCUT2D eigenvalue weighted by molar-refractivity contribution is -0.137. The highest BCUT2D eigenvalue weighted by molar-refractivity contribution is 7.86. The van der Waals surface area contributed by atoms with Crippen LogP contribution in [0, 0.1) is 0 Å². The van der Waals surface area contributed by atoms with Crippen LogP contribution in [-0.4, -0.2) is 39.9 Å². The first-order valence-electron chi connectivity index (χ1n) is 2.70. The van der Waals surface area contributed by atoms with Crippen molar-refractivity contribution in [3.8, 4) is 0 Å². The molecule has 0 aliphatic carbocycles. The fourth-order valence-corrected chi connectivity index (χ4v) is 1.14. The van der Waals surface area contributed by atoms with Gasteiger partial charge in [-0.15, -0.1) is 0 Å². The molecule has 1 atom stereocenters. The van der Waals surface area contributed by atoms with Gasteiger partial charge in [-0.2, -0.15) is 0 Å². The number of hydrogen-bond donors (Lipinski definition) is 1. The molecule has 0 bridgehead atoms. The van der Waals surface area contributed by atoms with Crippen LogP contribution >= 0.6 is 0 Å². The first-order valence-corrected chi connectivity index (χ1v) is 4.18. The summed E-state index contributed by atoms with van der Waals surface area (Å²) in [6.07, 6.45) is 0. The van der Waals surface area contributed by atoms with Gasteiger partial charge in [0.1, 0.15) is 11.5 Å². The van der Waals surface area contributed by atoms with Gasteiger partial charge in [0, 0.05) is 10.8 Å². The maximum atomic E-state index is 10.7. The number of hydrogen-bond acceptors (Lipinski definition) is 4. The number of ether oxygens (including phenoxy) is 1. The van der Waals surface area contributed by atoms with Crippen LogP contribution in [0.4, 0.5) is 0 Å². The van der Waals surface area contributed by atoms with E-state index >= 15 is 0 Å². The fourth-order valence-electron chi connectivity index (χ4n) is 0.379. The average Bonchev–Trinajstić information content (AvgIpc) is 1.85. The third-order valence-corrected chi connectivity index (χ3v) is 1.92. The molecule has 6 heteroatoms. The average molecular weight is 180 g/mol. The summed E-state index contributed by atoms with van der Waals surface area (Å²) in [4.78, 5) is 20.3. The first-order chi connectivity index (χ1) is 5.06. The van der Waals surface area contributed by atoms with E-state index in [9.17, 15) is 13.8 Å². The molecule has 0 unspecified atom stereocenters. The zero-order chi connectivity index (χ0) is 8.85. The van der Waals surface area contributed by atoms with Crippen LogP contribution in [0.1, 0.15) is 0 Å². The Labute approximate surface area is 65.8 Å². The van der Waals surface area contributed by atoms with Gasteiger partial charge in [0.25, 0.3) is 0 Å². The first kappa shape index (κ1) is 10.1. The second kappa shape index (κ2) is 4.84. The number of carbonyl (C=O) groups is 2. The molecular weight excluding hydrogens is 172 g/mol. The third-order valence-electron chi connectivity index (χ3n) is 0.791. The van der Waals surface area contributed by atoms with Gasteiger partial charge in [-0.3, -0.25) is 13.8 Å². The molecule has 0 aliphatic rings. The van der Waals surface area contributed by atoms with Crippen LogP contribution in [0.25, 0.3) is 0 Å². The lowest BCUT2D eigenvalue weighted by Gasteiger charge is -1.96. The van der Waals surface area contributed by atoms with Crippen molar-refractivity contribution < 1.29 is 23.6 Å². The van der Waals surface area contributed by atoms with Crippen LogP contribution < -0.4 is 0 Å². The molecule has 0 aromatic rings. The summed E-state index contributed by atoms with van der Waals surface area (Å²) in [5.74, 6) is -2.73. The molecule has 0 fully saturated rings. The molecule has 0 radical (unpaired) electrons. The van der Waals surface area contributed by atoms with Crippen molar-refractivity contribution in [3.05, 3.63) is 0 Å². The van der Waals surface area contributed by atoms with Crippen molar-refractivity contribution in [2.45, 2.75) is 0 Å². The summed E-state index contributed by atoms with van der Waals surface area (Å²) in [5.41, 5.74) is 0. The molecule has 0 aliphatic heterocycles. The summed E-state index contributed by atoms with van der Waals surface area (Å²) in [5, 5.41) is 8.12. The van der Waals surface area contributed by atoms with E-state index in [2.05, 4.69) is 4.74 Å². The highest BCUT2D eigenvalue weighted by Gasteiger charge is 2.10. The molecule has 0 saturated carbocycles. The van der Waals surface area contributed by atoms with Gasteiger partial charge < -0.3 is 9.84 Å². The Balaban J connectivity index is 3.70. The minimum Gasteiger partial charge on any atom is -0.481 e. The van der Waals surface area contributed by atoms with E-state index < -0.39 is 28.5 Å².